The lowest BCUT2D eigenvalue weighted by molar-refractivity contribution is 0.263. The van der Waals surface area contributed by atoms with Gasteiger partial charge in [-0.3, -0.25) is 4.79 Å². The number of pyridine rings is 1. The third-order valence-corrected chi connectivity index (χ3v) is 5.54. The van der Waals surface area contributed by atoms with Crippen molar-refractivity contribution in [1.82, 2.24) is 19.4 Å². The van der Waals surface area contributed by atoms with Crippen LogP contribution in [0.3, 0.4) is 0 Å². The number of hydrogen-bond donors (Lipinski definition) is 1. The summed E-state index contributed by atoms with van der Waals surface area (Å²) in [5.74, 6) is 1.34. The number of fused-ring (bicyclic) bond motifs is 2. The maximum atomic E-state index is 12.5. The minimum Gasteiger partial charge on any atom is -0.493 e. The van der Waals surface area contributed by atoms with E-state index in [4.69, 9.17) is 4.74 Å². The minimum absolute atomic E-state index is 0.110. The number of nitrogens with one attached hydrogen (secondary N) is 1. The molecule has 0 unspecified atom stereocenters. The predicted octanol–water partition coefficient (Wildman–Crippen LogP) is 3.73. The van der Waals surface area contributed by atoms with Gasteiger partial charge in [-0.15, -0.1) is 0 Å². The number of rotatable bonds is 6. The van der Waals surface area contributed by atoms with Crippen LogP contribution in [0.25, 0.3) is 27.9 Å². The largest absolute Gasteiger partial charge is 0.493 e. The number of imidazole rings is 1. The Morgan fingerprint density at radius 3 is 2.79 bits per heavy atom. The van der Waals surface area contributed by atoms with E-state index in [9.17, 15) is 4.79 Å². The number of likely N-dealkylation sites (tertiary alicyclic amines) is 1. The van der Waals surface area contributed by atoms with Crippen LogP contribution in [0.2, 0.25) is 0 Å². The van der Waals surface area contributed by atoms with Crippen molar-refractivity contribution in [3.8, 4) is 11.7 Å². The number of para-hydroxylation sites is 1. The molecule has 1 fully saturated rings. The Hall–Kier alpha value is -3.12. The van der Waals surface area contributed by atoms with Crippen LogP contribution < -0.4 is 10.3 Å². The molecule has 2 aromatic carbocycles. The van der Waals surface area contributed by atoms with Gasteiger partial charge in [-0.05, 0) is 62.0 Å². The van der Waals surface area contributed by atoms with Crippen LogP contribution in [0.1, 0.15) is 19.3 Å². The number of H-pyrrole nitrogens is 1. The van der Waals surface area contributed by atoms with E-state index in [0.717, 1.165) is 40.7 Å². The molecule has 5 rings (SSSR count). The third kappa shape index (κ3) is 3.63. The monoisotopic (exact) mass is 388 g/mol. The molecular formula is C23H24N4O2. The number of nitrogens with zero attached hydrogens (tertiary/aromatic N) is 3. The normalized spacial score (nSPS) is 14.8. The summed E-state index contributed by atoms with van der Waals surface area (Å²) in [5, 5.41) is 0.995. The van der Waals surface area contributed by atoms with Crippen molar-refractivity contribution in [3.05, 3.63) is 65.0 Å². The summed E-state index contributed by atoms with van der Waals surface area (Å²) in [5.41, 5.74) is 2.39. The maximum Gasteiger partial charge on any atom is 0.257 e. The van der Waals surface area contributed by atoms with E-state index < -0.39 is 0 Å². The Morgan fingerprint density at radius 1 is 1.03 bits per heavy atom. The van der Waals surface area contributed by atoms with Crippen molar-refractivity contribution in [3.63, 3.8) is 0 Å². The van der Waals surface area contributed by atoms with Gasteiger partial charge in [0.05, 0.1) is 23.2 Å². The second-order valence-corrected chi connectivity index (χ2v) is 7.56. The van der Waals surface area contributed by atoms with E-state index in [1.165, 1.54) is 25.9 Å². The van der Waals surface area contributed by atoms with Crippen LogP contribution >= 0.6 is 0 Å². The van der Waals surface area contributed by atoms with Crippen LogP contribution in [0.15, 0.2) is 59.4 Å². The second-order valence-electron chi connectivity index (χ2n) is 7.56. The first-order valence-electron chi connectivity index (χ1n) is 10.2. The highest BCUT2D eigenvalue weighted by Crippen LogP contribution is 2.22. The van der Waals surface area contributed by atoms with Gasteiger partial charge in [0.15, 0.2) is 0 Å². The molecular weight excluding hydrogens is 364 g/mol. The average Bonchev–Trinajstić information content (AvgIpc) is 3.40. The summed E-state index contributed by atoms with van der Waals surface area (Å²) in [6.07, 6.45) is 3.66. The summed E-state index contributed by atoms with van der Waals surface area (Å²) in [6, 6.07) is 17.0. The number of aromatic nitrogens is 3. The van der Waals surface area contributed by atoms with Gasteiger partial charge in [0, 0.05) is 18.7 Å². The van der Waals surface area contributed by atoms with Crippen molar-refractivity contribution in [2.24, 2.45) is 0 Å². The van der Waals surface area contributed by atoms with Crippen LogP contribution in [0.5, 0.6) is 5.75 Å². The van der Waals surface area contributed by atoms with Crippen molar-refractivity contribution in [2.45, 2.75) is 19.3 Å². The minimum atomic E-state index is -0.110. The summed E-state index contributed by atoms with van der Waals surface area (Å²) in [6.45, 7) is 4.24. The molecule has 148 valence electrons. The molecule has 2 aromatic heterocycles. The van der Waals surface area contributed by atoms with Gasteiger partial charge in [-0.2, -0.15) is 0 Å². The van der Waals surface area contributed by atoms with Gasteiger partial charge in [-0.1, -0.05) is 18.2 Å². The molecule has 29 heavy (non-hydrogen) atoms. The van der Waals surface area contributed by atoms with E-state index >= 15 is 0 Å². The molecule has 0 atom stereocenters. The third-order valence-electron chi connectivity index (χ3n) is 5.54. The number of aromatic amines is 1. The topological polar surface area (TPSA) is 63.2 Å². The smallest absolute Gasteiger partial charge is 0.257 e. The predicted molar refractivity (Wildman–Crippen MR) is 115 cm³/mol. The molecule has 1 N–H and O–H groups in total. The fraction of sp³-hybridized carbons (Fsp3) is 0.304. The highest BCUT2D eigenvalue weighted by Gasteiger charge is 2.12. The van der Waals surface area contributed by atoms with Crippen LogP contribution in [-0.4, -0.2) is 45.7 Å². The van der Waals surface area contributed by atoms with Crippen molar-refractivity contribution < 1.29 is 4.74 Å². The van der Waals surface area contributed by atoms with E-state index in [-0.39, 0.29) is 5.56 Å². The number of benzene rings is 2. The lowest BCUT2D eigenvalue weighted by atomic mass is 10.2. The van der Waals surface area contributed by atoms with Gasteiger partial charge in [-0.25, -0.2) is 9.55 Å². The Morgan fingerprint density at radius 2 is 1.90 bits per heavy atom. The average molecular weight is 388 g/mol. The van der Waals surface area contributed by atoms with Crippen molar-refractivity contribution in [1.29, 1.82) is 0 Å². The molecule has 6 nitrogen and oxygen atoms in total. The van der Waals surface area contributed by atoms with Crippen molar-refractivity contribution >= 4 is 21.9 Å². The zero-order valence-corrected chi connectivity index (χ0v) is 16.3. The van der Waals surface area contributed by atoms with Crippen molar-refractivity contribution in [2.75, 3.05) is 26.2 Å². The molecule has 0 spiro atoms. The maximum absolute atomic E-state index is 12.5. The fourth-order valence-corrected chi connectivity index (χ4v) is 4.06. The lowest BCUT2D eigenvalue weighted by Gasteiger charge is -2.14. The molecule has 0 saturated carbocycles. The molecule has 0 aliphatic carbocycles. The Kier molecular flexibility index (Phi) is 4.77. The number of ether oxygens (including phenoxy) is 1. The zero-order valence-electron chi connectivity index (χ0n) is 16.3. The fourth-order valence-electron chi connectivity index (χ4n) is 4.06. The quantitative estimate of drug-likeness (QED) is 0.511. The summed E-state index contributed by atoms with van der Waals surface area (Å²) in [7, 11) is 0. The molecule has 6 heteroatoms. The van der Waals surface area contributed by atoms with E-state index in [1.807, 2.05) is 48.5 Å². The standard InChI is InChI=1S/C23H24N4O2/c28-22-11-8-17-6-1-2-7-21(17)27(22)23-24-19-10-9-18(16-20(19)25-23)29-15-5-14-26-12-3-4-13-26/h1-2,6-11,16H,3-5,12-15H2,(H,24,25). The van der Waals surface area contributed by atoms with E-state index in [2.05, 4.69) is 14.9 Å². The Balaban J connectivity index is 1.37. The molecule has 1 saturated heterocycles. The highest BCUT2D eigenvalue weighted by atomic mass is 16.5. The molecule has 1 aliphatic rings. The first kappa shape index (κ1) is 17.9. The van der Waals surface area contributed by atoms with E-state index in [0.29, 0.717) is 12.6 Å². The molecule has 0 amide bonds. The summed E-state index contributed by atoms with van der Waals surface area (Å²) < 4.78 is 7.56. The van der Waals surface area contributed by atoms with Gasteiger partial charge in [0.2, 0.25) is 5.95 Å². The highest BCUT2D eigenvalue weighted by molar-refractivity contribution is 5.82. The van der Waals surface area contributed by atoms with E-state index in [1.54, 1.807) is 10.6 Å². The van der Waals surface area contributed by atoms with Gasteiger partial charge < -0.3 is 14.6 Å². The molecule has 1 aliphatic heterocycles. The number of hydrogen-bond acceptors (Lipinski definition) is 4. The molecule has 0 bridgehead atoms. The van der Waals surface area contributed by atoms with Gasteiger partial charge in [0.25, 0.3) is 5.56 Å². The van der Waals surface area contributed by atoms with Crippen LogP contribution in [0, 0.1) is 0 Å². The first-order valence-corrected chi connectivity index (χ1v) is 10.2. The molecule has 4 aromatic rings. The molecule has 3 heterocycles. The summed E-state index contributed by atoms with van der Waals surface area (Å²) in [4.78, 5) is 22.9. The first-order chi connectivity index (χ1) is 14.3. The van der Waals surface area contributed by atoms with Gasteiger partial charge in [0.1, 0.15) is 5.75 Å². The Labute approximate surface area is 168 Å². The zero-order chi connectivity index (χ0) is 19.6. The lowest BCUT2D eigenvalue weighted by Crippen LogP contribution is -2.21. The Bertz CT molecular complexity index is 1200. The van der Waals surface area contributed by atoms with Crippen LogP contribution in [-0.2, 0) is 0 Å². The van der Waals surface area contributed by atoms with Crippen LogP contribution in [0.4, 0.5) is 0 Å². The second kappa shape index (κ2) is 7.72. The molecule has 0 radical (unpaired) electrons. The van der Waals surface area contributed by atoms with Gasteiger partial charge >= 0.3 is 0 Å². The SMILES string of the molecule is O=c1ccc2ccccc2n1-c1nc2ccc(OCCCN3CCCC3)cc2[nH]1. The summed E-state index contributed by atoms with van der Waals surface area (Å²) >= 11 is 0.